The number of ketones is 1. The lowest BCUT2D eigenvalue weighted by Crippen LogP contribution is -2.21. The number of nitrogens with zero attached hydrogens (tertiary/aromatic N) is 1. The Morgan fingerprint density at radius 2 is 1.64 bits per heavy atom. The Hall–Kier alpha value is -3.04. The number of pyridine rings is 1. The van der Waals surface area contributed by atoms with Gasteiger partial charge in [-0.05, 0) is 42.5 Å². The van der Waals surface area contributed by atoms with Crippen LogP contribution in [0.5, 0.6) is 11.5 Å². The highest BCUT2D eigenvalue weighted by molar-refractivity contribution is 6.08. The molecule has 1 aromatic heterocycles. The van der Waals surface area contributed by atoms with Gasteiger partial charge < -0.3 is 9.47 Å². The quantitative estimate of drug-likeness (QED) is 0.375. The van der Waals surface area contributed by atoms with Crippen molar-refractivity contribution in [3.63, 3.8) is 0 Å². The van der Waals surface area contributed by atoms with Crippen molar-refractivity contribution in [2.45, 2.75) is 12.4 Å². The van der Waals surface area contributed by atoms with Crippen LogP contribution in [0.25, 0.3) is 6.08 Å². The van der Waals surface area contributed by atoms with Gasteiger partial charge >= 0.3 is 12.4 Å². The highest BCUT2D eigenvalue weighted by Crippen LogP contribution is 2.28. The molecule has 0 bridgehead atoms. The molecule has 2 aromatic rings. The van der Waals surface area contributed by atoms with E-state index in [0.717, 1.165) is 24.3 Å². The molecule has 10 heteroatoms. The summed E-state index contributed by atoms with van der Waals surface area (Å²) in [5, 5.41) is 0. The van der Waals surface area contributed by atoms with Gasteiger partial charge in [-0.15, -0.1) is 0 Å². The Kier molecular flexibility index (Phi) is 6.66. The number of ether oxygens (including phenoxy) is 2. The second kappa shape index (κ2) is 8.77. The van der Waals surface area contributed by atoms with Gasteiger partial charge in [-0.3, -0.25) is 9.78 Å². The van der Waals surface area contributed by atoms with Gasteiger partial charge in [0.2, 0.25) is 0 Å². The summed E-state index contributed by atoms with van der Waals surface area (Å²) in [6, 6.07) is 7.69. The van der Waals surface area contributed by atoms with E-state index in [1.807, 2.05) is 0 Å². The summed E-state index contributed by atoms with van der Waals surface area (Å²) in [7, 11) is 0. The summed E-state index contributed by atoms with van der Waals surface area (Å²) >= 11 is 0. The summed E-state index contributed by atoms with van der Waals surface area (Å²) in [6.07, 6.45) is -5.48. The first-order chi connectivity index (χ1) is 13.0. The summed E-state index contributed by atoms with van der Waals surface area (Å²) < 4.78 is 83.2. The SMILES string of the molecule is O=C(C=Cc1ccccn1)c1cc(OCC(F)(F)F)ccc1OCC(F)(F)F. The first-order valence-corrected chi connectivity index (χ1v) is 7.70. The van der Waals surface area contributed by atoms with Crippen LogP contribution in [-0.4, -0.2) is 36.3 Å². The maximum Gasteiger partial charge on any atom is 0.422 e. The molecule has 150 valence electrons. The smallest absolute Gasteiger partial charge is 0.422 e. The Labute approximate surface area is 155 Å². The molecule has 0 fully saturated rings. The van der Waals surface area contributed by atoms with E-state index in [9.17, 15) is 31.1 Å². The molecule has 0 atom stereocenters. The molecule has 0 saturated carbocycles. The molecule has 0 aliphatic carbocycles. The van der Waals surface area contributed by atoms with Gasteiger partial charge in [0.25, 0.3) is 0 Å². The van der Waals surface area contributed by atoms with E-state index in [1.54, 1.807) is 18.2 Å². The summed E-state index contributed by atoms with van der Waals surface area (Å²) in [5.41, 5.74) is 0.0224. The van der Waals surface area contributed by atoms with Crippen LogP contribution in [0.3, 0.4) is 0 Å². The molecule has 0 N–H and O–H groups in total. The molecule has 0 spiro atoms. The van der Waals surface area contributed by atoms with Crippen molar-refractivity contribution in [1.29, 1.82) is 0 Å². The molecule has 0 unspecified atom stereocenters. The van der Waals surface area contributed by atoms with Gasteiger partial charge in [0.1, 0.15) is 11.5 Å². The van der Waals surface area contributed by atoms with E-state index in [0.29, 0.717) is 5.69 Å². The molecule has 28 heavy (non-hydrogen) atoms. The zero-order chi connectivity index (χ0) is 20.8. The lowest BCUT2D eigenvalue weighted by molar-refractivity contribution is -0.154. The third-order valence-corrected chi connectivity index (χ3v) is 3.10. The van der Waals surface area contributed by atoms with E-state index < -0.39 is 37.1 Å². The topological polar surface area (TPSA) is 48.4 Å². The minimum atomic E-state index is -4.66. The minimum Gasteiger partial charge on any atom is -0.484 e. The van der Waals surface area contributed by atoms with Gasteiger partial charge in [-0.2, -0.15) is 26.3 Å². The predicted molar refractivity (Wildman–Crippen MR) is 87.1 cm³/mol. The van der Waals surface area contributed by atoms with Crippen molar-refractivity contribution in [3.8, 4) is 11.5 Å². The third-order valence-electron chi connectivity index (χ3n) is 3.10. The van der Waals surface area contributed by atoms with Crippen LogP contribution in [0, 0.1) is 0 Å². The molecule has 4 nitrogen and oxygen atoms in total. The zero-order valence-electron chi connectivity index (χ0n) is 14.1. The van der Waals surface area contributed by atoms with Crippen LogP contribution >= 0.6 is 0 Å². The number of carbonyl (C=O) groups excluding carboxylic acids is 1. The fourth-order valence-electron chi connectivity index (χ4n) is 1.97. The predicted octanol–water partition coefficient (Wildman–Crippen LogP) is 4.86. The normalized spacial score (nSPS) is 12.2. The van der Waals surface area contributed by atoms with Crippen LogP contribution in [-0.2, 0) is 0 Å². The summed E-state index contributed by atoms with van der Waals surface area (Å²) in [4.78, 5) is 16.3. The molecular weight excluding hydrogens is 392 g/mol. The second-order valence-corrected chi connectivity index (χ2v) is 5.42. The van der Waals surface area contributed by atoms with Gasteiger partial charge in [0.15, 0.2) is 19.0 Å². The lowest BCUT2D eigenvalue weighted by Gasteiger charge is -2.14. The monoisotopic (exact) mass is 405 g/mol. The Balaban J connectivity index is 2.27. The Bertz CT molecular complexity index is 831. The number of aromatic nitrogens is 1. The van der Waals surface area contributed by atoms with Crippen molar-refractivity contribution < 1.29 is 40.6 Å². The highest BCUT2D eigenvalue weighted by atomic mass is 19.4. The van der Waals surface area contributed by atoms with Crippen LogP contribution in [0.4, 0.5) is 26.3 Å². The molecule has 0 saturated heterocycles. The molecule has 0 amide bonds. The van der Waals surface area contributed by atoms with Gasteiger partial charge in [-0.25, -0.2) is 0 Å². The molecule has 0 aliphatic heterocycles. The van der Waals surface area contributed by atoms with Crippen molar-refractivity contribution in [2.75, 3.05) is 13.2 Å². The number of hydrogen-bond acceptors (Lipinski definition) is 4. The van der Waals surface area contributed by atoms with E-state index >= 15 is 0 Å². The van der Waals surface area contributed by atoms with Crippen LogP contribution < -0.4 is 9.47 Å². The first-order valence-electron chi connectivity index (χ1n) is 7.70. The van der Waals surface area contributed by atoms with Crippen molar-refractivity contribution >= 4 is 11.9 Å². The zero-order valence-corrected chi connectivity index (χ0v) is 14.1. The average molecular weight is 405 g/mol. The van der Waals surface area contributed by atoms with E-state index in [-0.39, 0.29) is 11.3 Å². The Morgan fingerprint density at radius 1 is 0.964 bits per heavy atom. The number of allylic oxidation sites excluding steroid dienone is 1. The Morgan fingerprint density at radius 3 is 2.25 bits per heavy atom. The molecular formula is C18H13F6NO3. The van der Waals surface area contributed by atoms with Crippen LogP contribution in [0.15, 0.2) is 48.7 Å². The summed E-state index contributed by atoms with van der Waals surface area (Å²) in [6.45, 7) is -3.28. The van der Waals surface area contributed by atoms with Crippen molar-refractivity contribution in [3.05, 3.63) is 59.9 Å². The first kappa shape index (κ1) is 21.3. The number of carbonyl (C=O) groups is 1. The molecule has 2 rings (SSSR count). The van der Waals surface area contributed by atoms with Gasteiger partial charge in [0, 0.05) is 6.20 Å². The van der Waals surface area contributed by atoms with E-state index in [1.165, 1.54) is 12.3 Å². The van der Waals surface area contributed by atoms with Crippen molar-refractivity contribution in [1.82, 2.24) is 4.98 Å². The maximum atomic E-state index is 12.4. The number of benzene rings is 1. The fraction of sp³-hybridized carbons (Fsp3) is 0.222. The van der Waals surface area contributed by atoms with Crippen LogP contribution in [0.2, 0.25) is 0 Å². The molecule has 0 aliphatic rings. The van der Waals surface area contributed by atoms with Crippen molar-refractivity contribution in [2.24, 2.45) is 0 Å². The number of hydrogen-bond donors (Lipinski definition) is 0. The van der Waals surface area contributed by atoms with Gasteiger partial charge in [-0.1, -0.05) is 6.07 Å². The number of rotatable bonds is 7. The van der Waals surface area contributed by atoms with Gasteiger partial charge in [0.05, 0.1) is 11.3 Å². The molecule has 1 heterocycles. The maximum absolute atomic E-state index is 12.4. The lowest BCUT2D eigenvalue weighted by atomic mass is 10.1. The fourth-order valence-corrected chi connectivity index (χ4v) is 1.97. The minimum absolute atomic E-state index is 0.341. The molecule has 1 aromatic carbocycles. The third kappa shape index (κ3) is 7.29. The average Bonchev–Trinajstić information content (AvgIpc) is 2.62. The standard InChI is InChI=1S/C18H13F6NO3/c19-17(20,21)10-27-13-5-7-16(28-11-18(22,23)24)14(9-13)15(26)6-4-12-3-1-2-8-25-12/h1-9H,10-11H2. The van der Waals surface area contributed by atoms with E-state index in [2.05, 4.69) is 14.5 Å². The summed E-state index contributed by atoms with van der Waals surface area (Å²) in [5.74, 6) is -1.57. The largest absolute Gasteiger partial charge is 0.484 e. The number of alkyl halides is 6. The van der Waals surface area contributed by atoms with E-state index in [4.69, 9.17) is 0 Å². The number of halogens is 6. The second-order valence-electron chi connectivity index (χ2n) is 5.42. The molecule has 0 radical (unpaired) electrons. The highest BCUT2D eigenvalue weighted by Gasteiger charge is 2.30. The van der Waals surface area contributed by atoms with Crippen LogP contribution in [0.1, 0.15) is 16.1 Å².